The van der Waals surface area contributed by atoms with Gasteiger partial charge in [0.05, 0.1) is 13.2 Å². The molecule has 2 amide bonds. The summed E-state index contributed by atoms with van der Waals surface area (Å²) in [5.41, 5.74) is 5.71. The Morgan fingerprint density at radius 2 is 2.32 bits per heavy atom. The number of amides is 2. The van der Waals surface area contributed by atoms with Gasteiger partial charge in [0.15, 0.2) is 0 Å². The highest BCUT2D eigenvalue weighted by molar-refractivity contribution is 6.29. The van der Waals surface area contributed by atoms with Crippen LogP contribution in [0.4, 0.5) is 10.6 Å². The van der Waals surface area contributed by atoms with Crippen LogP contribution in [0.3, 0.4) is 0 Å². The Kier molecular flexibility index (Phi) is 5.57. The fourth-order valence-corrected chi connectivity index (χ4v) is 2.45. The molecule has 0 saturated carbocycles. The number of rotatable bonds is 6. The van der Waals surface area contributed by atoms with Gasteiger partial charge in [-0.15, -0.1) is 0 Å². The minimum Gasteiger partial charge on any atom is -0.444 e. The molecule has 2 heterocycles. The van der Waals surface area contributed by atoms with Crippen LogP contribution in [-0.2, 0) is 20.9 Å². The van der Waals surface area contributed by atoms with E-state index in [1.54, 1.807) is 24.0 Å². The number of nitrogens with two attached hydrogens (primary N) is 1. The third kappa shape index (κ3) is 4.57. The van der Waals surface area contributed by atoms with Crippen LogP contribution in [0.5, 0.6) is 0 Å². The lowest BCUT2D eigenvalue weighted by Gasteiger charge is -2.16. The van der Waals surface area contributed by atoms with Crippen LogP contribution in [0.2, 0.25) is 5.15 Å². The highest BCUT2D eigenvalue weighted by atomic mass is 35.5. The zero-order chi connectivity index (χ0) is 16.1. The SMILES string of the molecule is C[C@H](COCc1cc(Cl)nc(N2CCCC2=O)c1)OC(N)=O. The van der Waals surface area contributed by atoms with Gasteiger partial charge in [-0.1, -0.05) is 11.6 Å². The normalized spacial score (nSPS) is 15.9. The lowest BCUT2D eigenvalue weighted by Crippen LogP contribution is -2.25. The fraction of sp³-hybridized carbons (Fsp3) is 0.500. The fourth-order valence-electron chi connectivity index (χ4n) is 2.22. The van der Waals surface area contributed by atoms with Gasteiger partial charge < -0.3 is 15.2 Å². The van der Waals surface area contributed by atoms with Crippen molar-refractivity contribution < 1.29 is 19.1 Å². The Labute approximate surface area is 133 Å². The molecule has 8 heteroatoms. The van der Waals surface area contributed by atoms with Gasteiger partial charge in [-0.25, -0.2) is 9.78 Å². The van der Waals surface area contributed by atoms with Crippen LogP contribution >= 0.6 is 11.6 Å². The number of nitrogens with zero attached hydrogens (tertiary/aromatic N) is 2. The topological polar surface area (TPSA) is 94.8 Å². The summed E-state index contributed by atoms with van der Waals surface area (Å²) >= 11 is 6.00. The molecule has 2 N–H and O–H groups in total. The molecule has 2 rings (SSSR count). The van der Waals surface area contributed by atoms with E-state index in [9.17, 15) is 9.59 Å². The molecular weight excluding hydrogens is 310 g/mol. The summed E-state index contributed by atoms with van der Waals surface area (Å²) in [6, 6.07) is 3.44. The number of halogens is 1. The summed E-state index contributed by atoms with van der Waals surface area (Å²) in [5, 5.41) is 0.303. The maximum Gasteiger partial charge on any atom is 0.404 e. The Balaban J connectivity index is 1.95. The average molecular weight is 328 g/mol. The van der Waals surface area contributed by atoms with Gasteiger partial charge in [0.2, 0.25) is 5.91 Å². The zero-order valence-electron chi connectivity index (χ0n) is 12.3. The van der Waals surface area contributed by atoms with Crippen molar-refractivity contribution in [2.75, 3.05) is 18.1 Å². The number of ether oxygens (including phenoxy) is 2. The van der Waals surface area contributed by atoms with Gasteiger partial charge in [0.1, 0.15) is 17.1 Å². The molecule has 22 heavy (non-hydrogen) atoms. The van der Waals surface area contributed by atoms with Gasteiger partial charge in [-0.05, 0) is 31.0 Å². The second kappa shape index (κ2) is 7.42. The van der Waals surface area contributed by atoms with E-state index in [2.05, 4.69) is 4.98 Å². The molecule has 0 aromatic carbocycles. The van der Waals surface area contributed by atoms with Crippen LogP contribution in [0.25, 0.3) is 0 Å². The Morgan fingerprint density at radius 1 is 1.55 bits per heavy atom. The molecule has 0 spiro atoms. The maximum atomic E-state index is 11.8. The Morgan fingerprint density at radius 3 is 2.95 bits per heavy atom. The first-order valence-corrected chi connectivity index (χ1v) is 7.34. The van der Waals surface area contributed by atoms with Crippen molar-refractivity contribution in [2.24, 2.45) is 5.73 Å². The molecule has 120 valence electrons. The minimum absolute atomic E-state index is 0.0464. The lowest BCUT2D eigenvalue weighted by molar-refractivity contribution is -0.117. The highest BCUT2D eigenvalue weighted by Crippen LogP contribution is 2.23. The molecule has 0 aliphatic carbocycles. The van der Waals surface area contributed by atoms with E-state index in [4.69, 9.17) is 26.8 Å². The number of aromatic nitrogens is 1. The molecule has 1 aliphatic rings. The van der Waals surface area contributed by atoms with E-state index in [1.807, 2.05) is 0 Å². The van der Waals surface area contributed by atoms with E-state index in [0.717, 1.165) is 12.0 Å². The van der Waals surface area contributed by atoms with Crippen molar-refractivity contribution in [2.45, 2.75) is 32.5 Å². The quantitative estimate of drug-likeness (QED) is 0.805. The van der Waals surface area contributed by atoms with Crippen LogP contribution < -0.4 is 10.6 Å². The molecule has 7 nitrogen and oxygen atoms in total. The predicted molar refractivity (Wildman–Crippen MR) is 80.6 cm³/mol. The molecule has 1 aliphatic heterocycles. The van der Waals surface area contributed by atoms with Gasteiger partial charge in [0.25, 0.3) is 0 Å². The van der Waals surface area contributed by atoms with Gasteiger partial charge in [-0.3, -0.25) is 9.69 Å². The second-order valence-electron chi connectivity index (χ2n) is 5.07. The number of carbonyl (C=O) groups excluding carboxylic acids is 2. The molecule has 0 radical (unpaired) electrons. The minimum atomic E-state index is -0.835. The van der Waals surface area contributed by atoms with E-state index in [-0.39, 0.29) is 19.1 Å². The van der Waals surface area contributed by atoms with Crippen LogP contribution in [0.1, 0.15) is 25.3 Å². The molecule has 0 unspecified atom stereocenters. The van der Waals surface area contributed by atoms with Crippen molar-refractivity contribution in [3.63, 3.8) is 0 Å². The molecule has 1 fully saturated rings. The summed E-state index contributed by atoms with van der Waals surface area (Å²) in [4.78, 5) is 28.1. The number of carbonyl (C=O) groups is 2. The standard InChI is InChI=1S/C14H18ClN3O4/c1-9(22-14(16)20)7-21-8-10-5-11(15)17-12(6-10)18-4-2-3-13(18)19/h5-6,9H,2-4,7-8H2,1H3,(H2,16,20)/t9-/m1/s1. The van der Waals surface area contributed by atoms with E-state index < -0.39 is 12.2 Å². The number of anilines is 1. The van der Waals surface area contributed by atoms with Crippen LogP contribution in [-0.4, -0.2) is 36.2 Å². The van der Waals surface area contributed by atoms with Crippen molar-refractivity contribution in [1.29, 1.82) is 0 Å². The summed E-state index contributed by atoms with van der Waals surface area (Å²) in [7, 11) is 0. The van der Waals surface area contributed by atoms with Crippen molar-refractivity contribution in [3.8, 4) is 0 Å². The monoisotopic (exact) mass is 327 g/mol. The number of pyridine rings is 1. The maximum absolute atomic E-state index is 11.8. The molecular formula is C14H18ClN3O4. The first-order chi connectivity index (χ1) is 10.5. The average Bonchev–Trinajstić information content (AvgIpc) is 2.83. The number of hydrogen-bond donors (Lipinski definition) is 1. The van der Waals surface area contributed by atoms with Crippen LogP contribution in [0.15, 0.2) is 12.1 Å². The first-order valence-electron chi connectivity index (χ1n) is 6.96. The van der Waals surface area contributed by atoms with Crippen molar-refractivity contribution >= 4 is 29.4 Å². The van der Waals surface area contributed by atoms with E-state index in [1.165, 1.54) is 0 Å². The summed E-state index contributed by atoms with van der Waals surface area (Å²) in [6.45, 7) is 2.80. The Hall–Kier alpha value is -1.86. The van der Waals surface area contributed by atoms with Crippen molar-refractivity contribution in [3.05, 3.63) is 22.8 Å². The molecule has 1 aromatic heterocycles. The van der Waals surface area contributed by atoms with E-state index in [0.29, 0.717) is 23.9 Å². The molecule has 0 bridgehead atoms. The first kappa shape index (κ1) is 16.5. The smallest absolute Gasteiger partial charge is 0.404 e. The summed E-state index contributed by atoms with van der Waals surface area (Å²) < 4.78 is 10.2. The largest absolute Gasteiger partial charge is 0.444 e. The molecule has 1 saturated heterocycles. The third-order valence-corrected chi connectivity index (χ3v) is 3.32. The van der Waals surface area contributed by atoms with Crippen LogP contribution in [0, 0.1) is 0 Å². The van der Waals surface area contributed by atoms with Crippen molar-refractivity contribution in [1.82, 2.24) is 4.98 Å². The number of hydrogen-bond acceptors (Lipinski definition) is 5. The summed E-state index contributed by atoms with van der Waals surface area (Å²) in [6.07, 6.45) is 0.0790. The van der Waals surface area contributed by atoms with Gasteiger partial charge in [0, 0.05) is 13.0 Å². The predicted octanol–water partition coefficient (Wildman–Crippen LogP) is 1.86. The van der Waals surface area contributed by atoms with E-state index >= 15 is 0 Å². The van der Waals surface area contributed by atoms with Gasteiger partial charge >= 0.3 is 6.09 Å². The third-order valence-electron chi connectivity index (χ3n) is 3.13. The van der Waals surface area contributed by atoms with Gasteiger partial charge in [-0.2, -0.15) is 0 Å². The number of primary amides is 1. The Bertz CT molecular complexity index is 567. The highest BCUT2D eigenvalue weighted by Gasteiger charge is 2.23. The summed E-state index contributed by atoms with van der Waals surface area (Å²) in [5.74, 6) is 0.583. The molecule has 1 aromatic rings. The zero-order valence-corrected chi connectivity index (χ0v) is 13.0. The lowest BCUT2D eigenvalue weighted by atomic mass is 10.2. The second-order valence-corrected chi connectivity index (χ2v) is 5.46. The molecule has 1 atom stereocenters.